The second-order valence-corrected chi connectivity index (χ2v) is 3.48. The first kappa shape index (κ1) is 13.5. The Kier molecular flexibility index (Phi) is 4.25. The highest BCUT2D eigenvalue weighted by atomic mass is 16.4. The molecule has 0 spiro atoms. The zero-order valence-electron chi connectivity index (χ0n) is 9.16. The minimum Gasteiger partial charge on any atom is -0.507 e. The van der Waals surface area contributed by atoms with Crippen molar-refractivity contribution in [3.63, 3.8) is 0 Å². The number of nitrogens with one attached hydrogen (secondary N) is 1. The topological polar surface area (TPSA) is 124 Å². The third kappa shape index (κ3) is 3.48. The lowest BCUT2D eigenvalue weighted by Crippen LogP contribution is -2.42. The highest BCUT2D eigenvalue weighted by Gasteiger charge is 2.24. The summed E-state index contributed by atoms with van der Waals surface area (Å²) in [5.41, 5.74) is -0.117. The fraction of sp³-hybridized carbons (Fsp3) is 0.182. The summed E-state index contributed by atoms with van der Waals surface area (Å²) in [6, 6.07) is 4.00. The van der Waals surface area contributed by atoms with Crippen molar-refractivity contribution in [2.24, 2.45) is 0 Å². The molecule has 0 radical (unpaired) electrons. The molecular weight excluding hydrogens is 242 g/mol. The molecule has 7 heteroatoms. The molecule has 96 valence electrons. The molecule has 0 fully saturated rings. The van der Waals surface area contributed by atoms with Crippen molar-refractivity contribution >= 4 is 17.8 Å². The van der Waals surface area contributed by atoms with Crippen molar-refractivity contribution in [3.8, 4) is 5.75 Å². The molecule has 0 aliphatic carbocycles. The smallest absolute Gasteiger partial charge is 0.326 e. The number of carbonyl (C=O) groups is 3. The van der Waals surface area contributed by atoms with Crippen LogP contribution >= 0.6 is 0 Å². The van der Waals surface area contributed by atoms with Crippen molar-refractivity contribution in [1.82, 2.24) is 5.32 Å². The van der Waals surface area contributed by atoms with Crippen LogP contribution in [0.2, 0.25) is 0 Å². The summed E-state index contributed by atoms with van der Waals surface area (Å²) in [4.78, 5) is 32.8. The largest absolute Gasteiger partial charge is 0.507 e. The van der Waals surface area contributed by atoms with Crippen molar-refractivity contribution in [3.05, 3.63) is 29.8 Å². The Morgan fingerprint density at radius 3 is 2.28 bits per heavy atom. The molecule has 0 aliphatic rings. The summed E-state index contributed by atoms with van der Waals surface area (Å²) >= 11 is 0. The van der Waals surface area contributed by atoms with Gasteiger partial charge in [0.05, 0.1) is 12.0 Å². The van der Waals surface area contributed by atoms with Gasteiger partial charge in [0.15, 0.2) is 0 Å². The first-order valence-electron chi connectivity index (χ1n) is 4.95. The van der Waals surface area contributed by atoms with Crippen molar-refractivity contribution in [2.45, 2.75) is 12.5 Å². The number of aromatic hydroxyl groups is 1. The van der Waals surface area contributed by atoms with E-state index in [1.807, 2.05) is 5.32 Å². The van der Waals surface area contributed by atoms with Crippen molar-refractivity contribution in [1.29, 1.82) is 0 Å². The number of carboxylic acid groups (broad SMARTS) is 2. The van der Waals surface area contributed by atoms with Gasteiger partial charge >= 0.3 is 11.9 Å². The number of carboxylic acids is 2. The lowest BCUT2D eigenvalue weighted by molar-refractivity contribution is -0.145. The van der Waals surface area contributed by atoms with Crippen LogP contribution in [0.3, 0.4) is 0 Å². The standard InChI is InChI=1S/C11H11NO6/c13-8-4-2-1-3-6(8)10(16)12-7(11(17)18)5-9(14)15/h1-4,7,13H,5H2,(H,12,16)(H,14,15)(H,17,18). The first-order chi connectivity index (χ1) is 8.41. The van der Waals surface area contributed by atoms with Gasteiger partial charge in [-0.3, -0.25) is 9.59 Å². The molecule has 1 rings (SSSR count). The number of phenols is 1. The zero-order valence-corrected chi connectivity index (χ0v) is 9.16. The Labute approximate surface area is 102 Å². The van der Waals surface area contributed by atoms with E-state index in [4.69, 9.17) is 10.2 Å². The van der Waals surface area contributed by atoms with Crippen LogP contribution in [0.1, 0.15) is 16.8 Å². The van der Waals surface area contributed by atoms with Gasteiger partial charge in [0.25, 0.3) is 5.91 Å². The second kappa shape index (κ2) is 5.67. The number of benzene rings is 1. The predicted molar refractivity (Wildman–Crippen MR) is 59.2 cm³/mol. The minimum absolute atomic E-state index is 0.117. The van der Waals surface area contributed by atoms with Gasteiger partial charge < -0.3 is 20.6 Å². The second-order valence-electron chi connectivity index (χ2n) is 3.48. The molecule has 18 heavy (non-hydrogen) atoms. The molecule has 0 saturated carbocycles. The molecule has 1 atom stereocenters. The Morgan fingerprint density at radius 1 is 1.17 bits per heavy atom. The van der Waals surface area contributed by atoms with Crippen LogP contribution in [0.4, 0.5) is 0 Å². The minimum atomic E-state index is -1.55. The molecule has 0 heterocycles. The quantitative estimate of drug-likeness (QED) is 0.587. The summed E-state index contributed by atoms with van der Waals surface area (Å²) in [6.07, 6.45) is -0.741. The van der Waals surface area contributed by atoms with E-state index >= 15 is 0 Å². The Balaban J connectivity index is 2.82. The van der Waals surface area contributed by atoms with Gasteiger partial charge in [0.2, 0.25) is 0 Å². The molecule has 1 amide bonds. The molecule has 0 aliphatic heterocycles. The maximum atomic E-state index is 11.6. The van der Waals surface area contributed by atoms with Crippen LogP contribution in [-0.2, 0) is 9.59 Å². The Bertz CT molecular complexity index is 484. The van der Waals surface area contributed by atoms with E-state index < -0.39 is 30.3 Å². The number of aliphatic carboxylic acids is 2. The molecule has 7 nitrogen and oxygen atoms in total. The van der Waals surface area contributed by atoms with Crippen molar-refractivity contribution in [2.75, 3.05) is 0 Å². The summed E-state index contributed by atoms with van der Waals surface area (Å²) in [5, 5.41) is 28.7. The number of rotatable bonds is 5. The lowest BCUT2D eigenvalue weighted by atomic mass is 10.1. The highest BCUT2D eigenvalue weighted by molar-refractivity contribution is 5.99. The van der Waals surface area contributed by atoms with E-state index in [-0.39, 0.29) is 11.3 Å². The van der Waals surface area contributed by atoms with Gasteiger partial charge in [0.1, 0.15) is 11.8 Å². The number of phenolic OH excluding ortho intramolecular Hbond substituents is 1. The van der Waals surface area contributed by atoms with Crippen LogP contribution in [0.15, 0.2) is 24.3 Å². The summed E-state index contributed by atoms with van der Waals surface area (Å²) in [7, 11) is 0. The molecule has 1 aromatic carbocycles. The van der Waals surface area contributed by atoms with Gasteiger partial charge in [-0.1, -0.05) is 12.1 Å². The van der Waals surface area contributed by atoms with Gasteiger partial charge in [-0.25, -0.2) is 4.79 Å². The molecular formula is C11H11NO6. The fourth-order valence-electron chi connectivity index (χ4n) is 1.28. The lowest BCUT2D eigenvalue weighted by Gasteiger charge is -2.12. The van der Waals surface area contributed by atoms with Gasteiger partial charge in [-0.2, -0.15) is 0 Å². The number of hydrogen-bond acceptors (Lipinski definition) is 4. The molecule has 1 aromatic rings. The molecule has 0 aromatic heterocycles. The third-order valence-corrected chi connectivity index (χ3v) is 2.13. The fourth-order valence-corrected chi connectivity index (χ4v) is 1.28. The molecule has 0 saturated heterocycles. The van der Waals surface area contributed by atoms with E-state index in [0.717, 1.165) is 0 Å². The average Bonchev–Trinajstić information content (AvgIpc) is 2.27. The zero-order chi connectivity index (χ0) is 13.7. The predicted octanol–water partition coefficient (Wildman–Crippen LogP) is 0.0499. The summed E-state index contributed by atoms with van der Waals surface area (Å²) in [6.45, 7) is 0. The van der Waals surface area contributed by atoms with Crippen LogP contribution in [0.25, 0.3) is 0 Å². The van der Waals surface area contributed by atoms with Crippen LogP contribution in [0, 0.1) is 0 Å². The van der Waals surface area contributed by atoms with E-state index in [1.165, 1.54) is 24.3 Å². The third-order valence-electron chi connectivity index (χ3n) is 2.13. The van der Waals surface area contributed by atoms with Crippen LogP contribution in [-0.4, -0.2) is 39.2 Å². The highest BCUT2D eigenvalue weighted by Crippen LogP contribution is 2.15. The number of hydrogen-bond donors (Lipinski definition) is 4. The summed E-state index contributed by atoms with van der Waals surface area (Å²) < 4.78 is 0. The van der Waals surface area contributed by atoms with E-state index in [0.29, 0.717) is 0 Å². The number of amides is 1. The Hall–Kier alpha value is -2.57. The maximum absolute atomic E-state index is 11.6. The van der Waals surface area contributed by atoms with Crippen molar-refractivity contribution < 1.29 is 29.7 Å². The van der Waals surface area contributed by atoms with Gasteiger partial charge in [0, 0.05) is 0 Å². The maximum Gasteiger partial charge on any atom is 0.326 e. The van der Waals surface area contributed by atoms with E-state index in [1.54, 1.807) is 0 Å². The summed E-state index contributed by atoms with van der Waals surface area (Å²) in [5.74, 6) is -3.96. The van der Waals surface area contributed by atoms with E-state index in [2.05, 4.69) is 0 Å². The van der Waals surface area contributed by atoms with E-state index in [9.17, 15) is 19.5 Å². The molecule has 4 N–H and O–H groups in total. The molecule has 0 bridgehead atoms. The molecule has 1 unspecified atom stereocenters. The normalized spacial score (nSPS) is 11.6. The van der Waals surface area contributed by atoms with Crippen LogP contribution in [0.5, 0.6) is 5.75 Å². The number of carbonyl (C=O) groups excluding carboxylic acids is 1. The monoisotopic (exact) mass is 253 g/mol. The van der Waals surface area contributed by atoms with Gasteiger partial charge in [-0.05, 0) is 12.1 Å². The van der Waals surface area contributed by atoms with Gasteiger partial charge in [-0.15, -0.1) is 0 Å². The average molecular weight is 253 g/mol. The SMILES string of the molecule is O=C(O)CC(NC(=O)c1ccccc1O)C(=O)O. The number of para-hydroxylation sites is 1. The van der Waals surface area contributed by atoms with Crippen LogP contribution < -0.4 is 5.32 Å². The Morgan fingerprint density at radius 2 is 1.78 bits per heavy atom. The first-order valence-corrected chi connectivity index (χ1v) is 4.95.